The summed E-state index contributed by atoms with van der Waals surface area (Å²) in [5, 5.41) is 4.80. The molecule has 1 aliphatic carbocycles. The van der Waals surface area contributed by atoms with Crippen molar-refractivity contribution in [2.45, 2.75) is 70.9 Å². The molecule has 0 radical (unpaired) electrons. The molecule has 0 saturated carbocycles. The third-order valence-corrected chi connectivity index (χ3v) is 8.02. The molecule has 5 rings (SSSR count). The zero-order valence-corrected chi connectivity index (χ0v) is 19.8. The smallest absolute Gasteiger partial charge is 0.152 e. The molecule has 2 atom stereocenters. The second-order valence-corrected chi connectivity index (χ2v) is 10.8. The van der Waals surface area contributed by atoms with Crippen molar-refractivity contribution in [3.05, 3.63) is 46.4 Å². The maximum Gasteiger partial charge on any atom is 0.152 e. The summed E-state index contributed by atoms with van der Waals surface area (Å²) in [4.78, 5) is 13.4. The average molecular weight is 475 g/mol. The van der Waals surface area contributed by atoms with Crippen LogP contribution in [0, 0.1) is 23.4 Å². The van der Waals surface area contributed by atoms with Crippen molar-refractivity contribution in [1.82, 2.24) is 9.97 Å². The topological polar surface area (TPSA) is 41.1 Å². The Labute approximate surface area is 196 Å². The fourth-order valence-electron chi connectivity index (χ4n) is 5.45. The number of halogens is 3. The van der Waals surface area contributed by atoms with E-state index in [9.17, 15) is 13.2 Å². The lowest BCUT2D eigenvalue weighted by Crippen LogP contribution is -2.48. The minimum absolute atomic E-state index is 0.0561. The van der Waals surface area contributed by atoms with E-state index in [4.69, 9.17) is 0 Å². The van der Waals surface area contributed by atoms with Crippen molar-refractivity contribution in [3.63, 3.8) is 0 Å². The van der Waals surface area contributed by atoms with Crippen molar-refractivity contribution >= 4 is 33.1 Å². The summed E-state index contributed by atoms with van der Waals surface area (Å²) in [7, 11) is 0. The minimum atomic E-state index is -0.891. The van der Waals surface area contributed by atoms with Gasteiger partial charge in [0.05, 0.1) is 5.39 Å². The summed E-state index contributed by atoms with van der Waals surface area (Å²) in [6.45, 7) is 4.71. The van der Waals surface area contributed by atoms with E-state index in [-0.39, 0.29) is 17.8 Å². The maximum absolute atomic E-state index is 14.6. The Morgan fingerprint density at radius 2 is 1.88 bits per heavy atom. The Morgan fingerprint density at radius 1 is 1.12 bits per heavy atom. The number of benzene rings is 1. The SMILES string of the molecule is CC(C)CC1CC(Nc2ncnc3sc4c(c23)CCCC4)CCN1c1c(F)cc(F)cc1F. The van der Waals surface area contributed by atoms with Gasteiger partial charge in [-0.2, -0.15) is 0 Å². The van der Waals surface area contributed by atoms with Gasteiger partial charge in [0.2, 0.25) is 0 Å². The Hall–Kier alpha value is -2.35. The van der Waals surface area contributed by atoms with Gasteiger partial charge in [-0.3, -0.25) is 0 Å². The molecule has 1 aromatic carbocycles. The van der Waals surface area contributed by atoms with Crippen LogP contribution in [-0.4, -0.2) is 28.6 Å². The van der Waals surface area contributed by atoms with Crippen molar-refractivity contribution in [2.75, 3.05) is 16.8 Å². The van der Waals surface area contributed by atoms with E-state index in [2.05, 4.69) is 29.1 Å². The van der Waals surface area contributed by atoms with Crippen LogP contribution in [0.1, 0.15) is 56.4 Å². The number of nitrogens with zero attached hydrogens (tertiary/aromatic N) is 3. The van der Waals surface area contributed by atoms with Crippen molar-refractivity contribution < 1.29 is 13.2 Å². The van der Waals surface area contributed by atoms with Crippen LogP contribution in [0.2, 0.25) is 0 Å². The molecule has 3 aromatic rings. The number of hydrogen-bond donors (Lipinski definition) is 1. The second kappa shape index (κ2) is 9.12. The highest BCUT2D eigenvalue weighted by atomic mass is 32.1. The predicted molar refractivity (Wildman–Crippen MR) is 128 cm³/mol. The van der Waals surface area contributed by atoms with Gasteiger partial charge in [-0.1, -0.05) is 13.8 Å². The summed E-state index contributed by atoms with van der Waals surface area (Å²) in [6.07, 6.45) is 8.44. The molecule has 0 bridgehead atoms. The molecule has 1 fully saturated rings. The number of fused-ring (bicyclic) bond motifs is 3. The van der Waals surface area contributed by atoms with Crippen LogP contribution in [-0.2, 0) is 12.8 Å². The third kappa shape index (κ3) is 4.42. The van der Waals surface area contributed by atoms with E-state index in [0.29, 0.717) is 18.9 Å². The first-order valence-electron chi connectivity index (χ1n) is 11.8. The fourth-order valence-corrected chi connectivity index (χ4v) is 6.67. The van der Waals surface area contributed by atoms with Crippen molar-refractivity contribution in [1.29, 1.82) is 0 Å². The van der Waals surface area contributed by atoms with Gasteiger partial charge in [-0.25, -0.2) is 23.1 Å². The Kier molecular flexibility index (Phi) is 6.20. The zero-order chi connectivity index (χ0) is 23.1. The molecule has 1 N–H and O–H groups in total. The van der Waals surface area contributed by atoms with Crippen LogP contribution in [0.3, 0.4) is 0 Å². The van der Waals surface area contributed by atoms with Gasteiger partial charge in [0.15, 0.2) is 11.6 Å². The standard InChI is InChI=1S/C25H29F3N4S/c1-14(2)9-17-12-16(7-8-32(17)23-19(27)10-15(26)11-20(23)28)31-24-22-18-5-3-4-6-21(18)33-25(22)30-13-29-24/h10-11,13-14,16-17H,3-9,12H2,1-2H3,(H,29,30,31). The summed E-state index contributed by atoms with van der Waals surface area (Å²) >= 11 is 1.77. The van der Waals surface area contributed by atoms with Gasteiger partial charge >= 0.3 is 0 Å². The van der Waals surface area contributed by atoms with E-state index in [1.165, 1.54) is 23.3 Å². The number of aryl methyl sites for hydroxylation is 2. The first kappa shape index (κ1) is 22.4. The van der Waals surface area contributed by atoms with E-state index >= 15 is 0 Å². The normalized spacial score (nSPS) is 21.0. The van der Waals surface area contributed by atoms with Gasteiger partial charge in [-0.15, -0.1) is 11.3 Å². The van der Waals surface area contributed by atoms with Crippen molar-refractivity contribution in [2.24, 2.45) is 5.92 Å². The minimum Gasteiger partial charge on any atom is -0.367 e. The Morgan fingerprint density at radius 3 is 2.64 bits per heavy atom. The van der Waals surface area contributed by atoms with Gasteiger partial charge < -0.3 is 10.2 Å². The Bertz CT molecular complexity index is 1140. The molecule has 0 spiro atoms. The van der Waals surface area contributed by atoms with Gasteiger partial charge in [0, 0.05) is 35.6 Å². The predicted octanol–water partition coefficient (Wildman–Crippen LogP) is 6.48. The number of piperidine rings is 1. The average Bonchev–Trinajstić information content (AvgIpc) is 3.14. The van der Waals surface area contributed by atoms with Crippen LogP contribution >= 0.6 is 11.3 Å². The van der Waals surface area contributed by atoms with Crippen LogP contribution in [0.15, 0.2) is 18.5 Å². The van der Waals surface area contributed by atoms with Crippen LogP contribution in [0.4, 0.5) is 24.7 Å². The Balaban J connectivity index is 1.42. The molecule has 1 aliphatic heterocycles. The van der Waals surface area contributed by atoms with E-state index in [0.717, 1.165) is 53.9 Å². The molecule has 4 nitrogen and oxygen atoms in total. The number of thiophene rings is 1. The molecule has 2 unspecified atom stereocenters. The molecular weight excluding hydrogens is 445 g/mol. The van der Waals surface area contributed by atoms with Crippen LogP contribution in [0.5, 0.6) is 0 Å². The monoisotopic (exact) mass is 474 g/mol. The molecule has 2 aromatic heterocycles. The molecule has 8 heteroatoms. The number of hydrogen-bond acceptors (Lipinski definition) is 5. The second-order valence-electron chi connectivity index (χ2n) is 9.67. The molecule has 3 heterocycles. The highest BCUT2D eigenvalue weighted by molar-refractivity contribution is 7.19. The van der Waals surface area contributed by atoms with E-state index < -0.39 is 17.5 Å². The lowest BCUT2D eigenvalue weighted by atomic mass is 9.90. The van der Waals surface area contributed by atoms with Crippen molar-refractivity contribution in [3.8, 4) is 0 Å². The quantitative estimate of drug-likeness (QED) is 0.459. The first-order chi connectivity index (χ1) is 15.9. The molecule has 2 aliphatic rings. The van der Waals surface area contributed by atoms with Gasteiger partial charge in [0.1, 0.15) is 28.5 Å². The zero-order valence-electron chi connectivity index (χ0n) is 19.0. The van der Waals surface area contributed by atoms with Gasteiger partial charge in [-0.05, 0) is 56.4 Å². The molecule has 176 valence electrons. The number of aromatic nitrogens is 2. The highest BCUT2D eigenvalue weighted by Gasteiger charge is 2.33. The summed E-state index contributed by atoms with van der Waals surface area (Å²) in [6, 6.07) is 1.62. The third-order valence-electron chi connectivity index (χ3n) is 6.82. The van der Waals surface area contributed by atoms with E-state index in [1.54, 1.807) is 22.6 Å². The number of anilines is 2. The molecular formula is C25H29F3N4S. The summed E-state index contributed by atoms with van der Waals surface area (Å²) in [5.74, 6) is -1.33. The lowest BCUT2D eigenvalue weighted by Gasteiger charge is -2.42. The lowest BCUT2D eigenvalue weighted by molar-refractivity contribution is 0.365. The van der Waals surface area contributed by atoms with E-state index in [1.807, 2.05) is 0 Å². The number of rotatable bonds is 5. The highest BCUT2D eigenvalue weighted by Crippen LogP contribution is 2.39. The fraction of sp³-hybridized carbons (Fsp3) is 0.520. The molecule has 33 heavy (non-hydrogen) atoms. The van der Waals surface area contributed by atoms with Crippen LogP contribution < -0.4 is 10.2 Å². The number of nitrogens with one attached hydrogen (secondary N) is 1. The molecule has 1 saturated heterocycles. The van der Waals surface area contributed by atoms with Crippen LogP contribution in [0.25, 0.3) is 10.2 Å². The maximum atomic E-state index is 14.6. The summed E-state index contributed by atoms with van der Waals surface area (Å²) < 4.78 is 42.7. The first-order valence-corrected chi connectivity index (χ1v) is 12.6. The largest absolute Gasteiger partial charge is 0.367 e. The molecule has 0 amide bonds. The van der Waals surface area contributed by atoms with Gasteiger partial charge in [0.25, 0.3) is 0 Å². The summed E-state index contributed by atoms with van der Waals surface area (Å²) in [5.41, 5.74) is 1.27.